The molecule has 2 nitrogen and oxygen atoms in total. The topological polar surface area (TPSA) is 30.0 Å². The minimum Gasteiger partial charge on any atom is -0.294 e. The van der Waals surface area contributed by atoms with E-state index >= 15 is 0 Å². The zero-order valence-electron chi connectivity index (χ0n) is 10.7. The van der Waals surface area contributed by atoms with Crippen molar-refractivity contribution in [3.8, 4) is 0 Å². The molecule has 2 rings (SSSR count). The van der Waals surface area contributed by atoms with Crippen LogP contribution in [0.15, 0.2) is 30.3 Å². The number of nitrogens with zero attached hydrogens (tertiary/aromatic N) is 1. The number of pyridine rings is 1. The summed E-state index contributed by atoms with van der Waals surface area (Å²) in [5, 5.41) is 0. The number of aryl methyl sites for hydroxylation is 2. The molecule has 0 spiro atoms. The van der Waals surface area contributed by atoms with Gasteiger partial charge in [-0.05, 0) is 43.7 Å². The van der Waals surface area contributed by atoms with E-state index in [9.17, 15) is 13.6 Å². The minimum absolute atomic E-state index is 0.0305. The lowest BCUT2D eigenvalue weighted by molar-refractivity contribution is 0.0992. The number of carbonyl (C=O) groups excluding carboxylic acids is 1. The first-order valence-corrected chi connectivity index (χ1v) is 5.89. The molecular weight excluding hydrogens is 248 g/mol. The molecule has 0 aliphatic heterocycles. The first-order valence-electron chi connectivity index (χ1n) is 5.89. The quantitative estimate of drug-likeness (QED) is 0.792. The van der Waals surface area contributed by atoms with Gasteiger partial charge in [-0.1, -0.05) is 6.07 Å². The molecule has 1 aromatic heterocycles. The third kappa shape index (κ3) is 3.02. The number of aromatic nitrogens is 1. The Labute approximate surface area is 110 Å². The van der Waals surface area contributed by atoms with Crippen LogP contribution in [0.4, 0.5) is 8.78 Å². The van der Waals surface area contributed by atoms with Gasteiger partial charge in [-0.25, -0.2) is 8.78 Å². The predicted octanol–water partition coefficient (Wildman–Crippen LogP) is 3.40. The summed E-state index contributed by atoms with van der Waals surface area (Å²) >= 11 is 0. The molecule has 98 valence electrons. The Morgan fingerprint density at radius 1 is 1.11 bits per heavy atom. The van der Waals surface area contributed by atoms with E-state index in [-0.39, 0.29) is 12.2 Å². The van der Waals surface area contributed by atoms with Gasteiger partial charge in [-0.2, -0.15) is 0 Å². The summed E-state index contributed by atoms with van der Waals surface area (Å²) in [7, 11) is 0. The van der Waals surface area contributed by atoms with Gasteiger partial charge in [0.05, 0.1) is 0 Å². The molecule has 0 aliphatic carbocycles. The SMILES string of the molecule is Cc1ccc(C(=O)Cc2ccc(F)c(F)c2)c(C)n1. The molecule has 1 heterocycles. The fourth-order valence-corrected chi connectivity index (χ4v) is 1.91. The van der Waals surface area contributed by atoms with Crippen LogP contribution in [0.3, 0.4) is 0 Å². The number of ketones is 1. The molecule has 0 fully saturated rings. The maximum Gasteiger partial charge on any atom is 0.169 e. The number of Topliss-reactive ketones (excluding diaryl/α,β-unsaturated/α-hetero) is 1. The Morgan fingerprint density at radius 3 is 2.47 bits per heavy atom. The van der Waals surface area contributed by atoms with Crippen molar-refractivity contribution in [1.82, 2.24) is 4.98 Å². The Bertz CT molecular complexity index is 638. The summed E-state index contributed by atoms with van der Waals surface area (Å²) in [4.78, 5) is 16.3. The molecule has 0 radical (unpaired) electrons. The Kier molecular flexibility index (Phi) is 3.69. The van der Waals surface area contributed by atoms with Crippen LogP contribution in [0.2, 0.25) is 0 Å². The van der Waals surface area contributed by atoms with Crippen LogP contribution in [-0.2, 0) is 6.42 Å². The predicted molar refractivity (Wildman–Crippen MR) is 68.1 cm³/mol. The zero-order chi connectivity index (χ0) is 14.0. The van der Waals surface area contributed by atoms with Crippen molar-refractivity contribution >= 4 is 5.78 Å². The molecule has 1 aromatic carbocycles. The van der Waals surface area contributed by atoms with Gasteiger partial charge in [0.15, 0.2) is 17.4 Å². The lowest BCUT2D eigenvalue weighted by atomic mass is 10.0. The Balaban J connectivity index is 2.23. The molecule has 0 aliphatic rings. The van der Waals surface area contributed by atoms with Crippen LogP contribution in [0, 0.1) is 25.5 Å². The third-order valence-electron chi connectivity index (χ3n) is 2.87. The van der Waals surface area contributed by atoms with Crippen molar-refractivity contribution in [2.75, 3.05) is 0 Å². The zero-order valence-corrected chi connectivity index (χ0v) is 10.7. The molecule has 0 amide bonds. The highest BCUT2D eigenvalue weighted by atomic mass is 19.2. The summed E-state index contributed by atoms with van der Waals surface area (Å²) in [5.74, 6) is -2.01. The standard InChI is InChI=1S/C15H13F2NO/c1-9-3-5-12(10(2)18-9)15(19)8-11-4-6-13(16)14(17)7-11/h3-7H,8H2,1-2H3. The molecule has 0 unspecified atom stereocenters. The monoisotopic (exact) mass is 261 g/mol. The first-order chi connectivity index (χ1) is 8.97. The fraction of sp³-hybridized carbons (Fsp3) is 0.200. The number of benzene rings is 1. The summed E-state index contributed by atoms with van der Waals surface area (Å²) in [6.45, 7) is 3.60. The average molecular weight is 261 g/mol. The van der Waals surface area contributed by atoms with Crippen molar-refractivity contribution in [3.63, 3.8) is 0 Å². The molecule has 0 saturated heterocycles. The second-order valence-corrected chi connectivity index (χ2v) is 4.43. The number of rotatable bonds is 3. The summed E-state index contributed by atoms with van der Waals surface area (Å²) in [6, 6.07) is 6.95. The molecule has 4 heteroatoms. The van der Waals surface area contributed by atoms with Crippen molar-refractivity contribution in [3.05, 3.63) is 64.5 Å². The minimum atomic E-state index is -0.941. The molecule has 0 bridgehead atoms. The number of hydrogen-bond acceptors (Lipinski definition) is 2. The number of halogens is 2. The van der Waals surface area contributed by atoms with Crippen molar-refractivity contribution in [1.29, 1.82) is 0 Å². The maximum absolute atomic E-state index is 13.1. The van der Waals surface area contributed by atoms with Gasteiger partial charge >= 0.3 is 0 Å². The lowest BCUT2D eigenvalue weighted by Gasteiger charge is -2.06. The van der Waals surface area contributed by atoms with Gasteiger partial charge in [0, 0.05) is 23.4 Å². The van der Waals surface area contributed by atoms with E-state index < -0.39 is 11.6 Å². The molecule has 0 N–H and O–H groups in total. The van der Waals surface area contributed by atoms with E-state index in [2.05, 4.69) is 4.98 Å². The molecule has 2 aromatic rings. The van der Waals surface area contributed by atoms with Gasteiger partial charge in [0.25, 0.3) is 0 Å². The van der Waals surface area contributed by atoms with Gasteiger partial charge in [-0.15, -0.1) is 0 Å². The summed E-state index contributed by atoms with van der Waals surface area (Å²) in [5.41, 5.74) is 2.44. The number of hydrogen-bond donors (Lipinski definition) is 0. The van der Waals surface area contributed by atoms with Crippen LogP contribution < -0.4 is 0 Å². The average Bonchev–Trinajstić information content (AvgIpc) is 2.33. The van der Waals surface area contributed by atoms with Gasteiger partial charge < -0.3 is 0 Å². The second-order valence-electron chi connectivity index (χ2n) is 4.43. The van der Waals surface area contributed by atoms with E-state index in [0.717, 1.165) is 17.8 Å². The second kappa shape index (κ2) is 5.26. The van der Waals surface area contributed by atoms with E-state index in [4.69, 9.17) is 0 Å². The van der Waals surface area contributed by atoms with E-state index in [1.54, 1.807) is 19.1 Å². The normalized spacial score (nSPS) is 10.5. The molecular formula is C15H13F2NO. The lowest BCUT2D eigenvalue weighted by Crippen LogP contribution is -2.07. The highest BCUT2D eigenvalue weighted by Gasteiger charge is 2.12. The van der Waals surface area contributed by atoms with Crippen LogP contribution in [0.1, 0.15) is 27.3 Å². The van der Waals surface area contributed by atoms with Gasteiger partial charge in [-0.3, -0.25) is 9.78 Å². The van der Waals surface area contributed by atoms with Crippen molar-refractivity contribution in [2.45, 2.75) is 20.3 Å². The van der Waals surface area contributed by atoms with E-state index in [1.165, 1.54) is 6.07 Å². The summed E-state index contributed by atoms with van der Waals surface area (Å²) < 4.78 is 25.9. The van der Waals surface area contributed by atoms with Gasteiger partial charge in [0.1, 0.15) is 0 Å². The van der Waals surface area contributed by atoms with Crippen LogP contribution in [0.25, 0.3) is 0 Å². The van der Waals surface area contributed by atoms with Crippen LogP contribution in [0.5, 0.6) is 0 Å². The van der Waals surface area contributed by atoms with Crippen LogP contribution >= 0.6 is 0 Å². The Morgan fingerprint density at radius 2 is 1.84 bits per heavy atom. The van der Waals surface area contributed by atoms with Gasteiger partial charge in [0.2, 0.25) is 0 Å². The van der Waals surface area contributed by atoms with Crippen LogP contribution in [-0.4, -0.2) is 10.8 Å². The van der Waals surface area contributed by atoms with E-state index in [1.807, 2.05) is 6.92 Å². The fourth-order valence-electron chi connectivity index (χ4n) is 1.91. The van der Waals surface area contributed by atoms with Crippen molar-refractivity contribution < 1.29 is 13.6 Å². The smallest absolute Gasteiger partial charge is 0.169 e. The summed E-state index contributed by atoms with van der Waals surface area (Å²) in [6.07, 6.45) is 0.0305. The molecule has 0 atom stereocenters. The maximum atomic E-state index is 13.1. The van der Waals surface area contributed by atoms with Crippen molar-refractivity contribution in [2.24, 2.45) is 0 Å². The molecule has 19 heavy (non-hydrogen) atoms. The van der Waals surface area contributed by atoms with E-state index in [0.29, 0.717) is 16.8 Å². The highest BCUT2D eigenvalue weighted by Crippen LogP contribution is 2.14. The first kappa shape index (κ1) is 13.3. The Hall–Kier alpha value is -2.10. The largest absolute Gasteiger partial charge is 0.294 e. The highest BCUT2D eigenvalue weighted by molar-refractivity contribution is 5.98. The third-order valence-corrected chi connectivity index (χ3v) is 2.87. The number of carbonyl (C=O) groups is 1. The molecule has 0 saturated carbocycles.